The SMILES string of the molecule is CCOc1ccc(C2/C(=C(\O)c3cc(F)ccc3OC)C(=O)C(=O)N2Cc2ccco2)cc1. The second-order valence-corrected chi connectivity index (χ2v) is 7.35. The van der Waals surface area contributed by atoms with Gasteiger partial charge in [-0.2, -0.15) is 0 Å². The number of nitrogens with zero attached hydrogens (tertiary/aromatic N) is 1. The average molecular weight is 451 g/mol. The first-order valence-electron chi connectivity index (χ1n) is 10.3. The van der Waals surface area contributed by atoms with Crippen molar-refractivity contribution in [3.05, 3.63) is 89.1 Å². The number of rotatable bonds is 7. The topological polar surface area (TPSA) is 89.2 Å². The van der Waals surface area contributed by atoms with Crippen molar-refractivity contribution in [1.82, 2.24) is 4.90 Å². The Balaban J connectivity index is 1.88. The van der Waals surface area contributed by atoms with Crippen molar-refractivity contribution >= 4 is 17.4 Å². The lowest BCUT2D eigenvalue weighted by Crippen LogP contribution is -2.29. The molecule has 3 aromatic rings. The largest absolute Gasteiger partial charge is 0.507 e. The van der Waals surface area contributed by atoms with Crippen LogP contribution in [0.25, 0.3) is 5.76 Å². The first kappa shape index (κ1) is 22.1. The molecule has 0 saturated carbocycles. The van der Waals surface area contributed by atoms with Crippen molar-refractivity contribution in [2.24, 2.45) is 0 Å². The number of benzene rings is 2. The third-order valence-electron chi connectivity index (χ3n) is 5.37. The van der Waals surface area contributed by atoms with Gasteiger partial charge in [-0.05, 0) is 55.0 Å². The number of halogens is 1. The Morgan fingerprint density at radius 1 is 1.15 bits per heavy atom. The van der Waals surface area contributed by atoms with Crippen molar-refractivity contribution in [3.63, 3.8) is 0 Å². The Labute approximate surface area is 189 Å². The summed E-state index contributed by atoms with van der Waals surface area (Å²) in [5.74, 6) is -1.58. The second kappa shape index (κ2) is 9.20. The van der Waals surface area contributed by atoms with E-state index in [2.05, 4.69) is 0 Å². The molecule has 1 unspecified atom stereocenters. The minimum Gasteiger partial charge on any atom is -0.507 e. The fourth-order valence-corrected chi connectivity index (χ4v) is 3.88. The number of furan rings is 1. The van der Waals surface area contributed by atoms with Crippen LogP contribution in [0.1, 0.15) is 29.9 Å². The number of ether oxygens (including phenoxy) is 2. The van der Waals surface area contributed by atoms with Gasteiger partial charge in [-0.3, -0.25) is 9.59 Å². The first-order valence-corrected chi connectivity index (χ1v) is 10.3. The number of Topliss-reactive ketones (excluding diaryl/α,β-unsaturated/α-hetero) is 1. The van der Waals surface area contributed by atoms with Crippen LogP contribution in [0.5, 0.6) is 11.5 Å². The minimum absolute atomic E-state index is 0.00647. The van der Waals surface area contributed by atoms with Gasteiger partial charge < -0.3 is 23.9 Å². The fraction of sp³-hybridized carbons (Fsp3) is 0.200. The summed E-state index contributed by atoms with van der Waals surface area (Å²) < 4.78 is 30.1. The van der Waals surface area contributed by atoms with E-state index in [1.165, 1.54) is 30.4 Å². The summed E-state index contributed by atoms with van der Waals surface area (Å²) in [5.41, 5.74) is 0.380. The van der Waals surface area contributed by atoms with Crippen molar-refractivity contribution in [3.8, 4) is 11.5 Å². The average Bonchev–Trinajstić information content (AvgIpc) is 3.42. The van der Waals surface area contributed by atoms with Crippen molar-refractivity contribution in [1.29, 1.82) is 0 Å². The zero-order valence-corrected chi connectivity index (χ0v) is 18.1. The van der Waals surface area contributed by atoms with E-state index in [0.717, 1.165) is 6.07 Å². The van der Waals surface area contributed by atoms with Crippen LogP contribution in [-0.4, -0.2) is 35.4 Å². The van der Waals surface area contributed by atoms with E-state index >= 15 is 0 Å². The minimum atomic E-state index is -0.932. The standard InChI is InChI=1S/C25H22FNO6/c1-3-32-17-9-6-15(7-10-17)22-21(23(28)19-13-16(26)8-11-20(19)31-2)24(29)25(30)27(22)14-18-5-4-12-33-18/h4-13,22,28H,3,14H2,1-2H3/b23-21+. The molecule has 0 radical (unpaired) electrons. The van der Waals surface area contributed by atoms with Gasteiger partial charge in [0.25, 0.3) is 11.7 Å². The summed E-state index contributed by atoms with van der Waals surface area (Å²) in [7, 11) is 1.36. The molecule has 33 heavy (non-hydrogen) atoms. The molecule has 4 rings (SSSR count). The van der Waals surface area contributed by atoms with Gasteiger partial charge in [0, 0.05) is 0 Å². The maximum atomic E-state index is 14.0. The molecule has 170 valence electrons. The van der Waals surface area contributed by atoms with Crippen molar-refractivity contribution in [2.45, 2.75) is 19.5 Å². The van der Waals surface area contributed by atoms with Gasteiger partial charge in [0.15, 0.2) is 0 Å². The number of carbonyl (C=O) groups is 2. The zero-order chi connectivity index (χ0) is 23.5. The van der Waals surface area contributed by atoms with E-state index in [4.69, 9.17) is 13.9 Å². The lowest BCUT2D eigenvalue weighted by Gasteiger charge is -2.25. The Kier molecular flexibility index (Phi) is 6.17. The van der Waals surface area contributed by atoms with Crippen LogP contribution >= 0.6 is 0 Å². The maximum absolute atomic E-state index is 14.0. The summed E-state index contributed by atoms with van der Waals surface area (Å²) in [5, 5.41) is 11.1. The molecule has 1 atom stereocenters. The third kappa shape index (κ3) is 4.19. The highest BCUT2D eigenvalue weighted by Crippen LogP contribution is 2.42. The van der Waals surface area contributed by atoms with Gasteiger partial charge >= 0.3 is 0 Å². The molecular formula is C25H22FNO6. The van der Waals surface area contributed by atoms with Crippen LogP contribution in [0.3, 0.4) is 0 Å². The maximum Gasteiger partial charge on any atom is 0.296 e. The Bertz CT molecular complexity index is 1200. The molecule has 1 aromatic heterocycles. The molecular weight excluding hydrogens is 429 g/mol. The quantitative estimate of drug-likeness (QED) is 0.324. The molecule has 1 amide bonds. The predicted octanol–water partition coefficient (Wildman–Crippen LogP) is 4.45. The smallest absolute Gasteiger partial charge is 0.296 e. The first-order chi connectivity index (χ1) is 15.9. The molecule has 0 bridgehead atoms. The molecule has 1 saturated heterocycles. The van der Waals surface area contributed by atoms with E-state index in [9.17, 15) is 19.1 Å². The highest BCUT2D eigenvalue weighted by molar-refractivity contribution is 6.46. The summed E-state index contributed by atoms with van der Waals surface area (Å²) in [6.45, 7) is 2.35. The molecule has 1 N–H and O–H groups in total. The van der Waals surface area contributed by atoms with Crippen LogP contribution in [-0.2, 0) is 16.1 Å². The second-order valence-electron chi connectivity index (χ2n) is 7.35. The van der Waals surface area contributed by atoms with Gasteiger partial charge in [-0.15, -0.1) is 0 Å². The molecule has 0 aliphatic carbocycles. The summed E-state index contributed by atoms with van der Waals surface area (Å²) in [6, 6.07) is 12.9. The normalized spacial score (nSPS) is 17.4. The van der Waals surface area contributed by atoms with Gasteiger partial charge in [-0.25, -0.2) is 4.39 Å². The van der Waals surface area contributed by atoms with E-state index in [1.807, 2.05) is 6.92 Å². The summed E-state index contributed by atoms with van der Waals surface area (Å²) >= 11 is 0. The van der Waals surface area contributed by atoms with Gasteiger partial charge in [-0.1, -0.05) is 12.1 Å². The molecule has 1 fully saturated rings. The Morgan fingerprint density at radius 3 is 2.55 bits per heavy atom. The number of aliphatic hydroxyl groups excluding tert-OH is 1. The number of methoxy groups -OCH3 is 1. The number of hydrogen-bond donors (Lipinski definition) is 1. The fourth-order valence-electron chi connectivity index (χ4n) is 3.88. The van der Waals surface area contributed by atoms with E-state index in [0.29, 0.717) is 23.7 Å². The summed E-state index contributed by atoms with van der Waals surface area (Å²) in [6.07, 6.45) is 1.47. The highest BCUT2D eigenvalue weighted by atomic mass is 19.1. The van der Waals surface area contributed by atoms with Gasteiger partial charge in [0.2, 0.25) is 0 Å². The molecule has 8 heteroatoms. The number of ketones is 1. The predicted molar refractivity (Wildman–Crippen MR) is 117 cm³/mol. The van der Waals surface area contributed by atoms with Crippen LogP contribution < -0.4 is 9.47 Å². The van der Waals surface area contributed by atoms with E-state index in [1.54, 1.807) is 36.4 Å². The van der Waals surface area contributed by atoms with Crippen molar-refractivity contribution in [2.75, 3.05) is 13.7 Å². The number of carbonyl (C=O) groups excluding carboxylic acids is 2. The Hall–Kier alpha value is -4.07. The van der Waals surface area contributed by atoms with E-state index in [-0.39, 0.29) is 23.4 Å². The van der Waals surface area contributed by atoms with Crippen LogP contribution in [0.2, 0.25) is 0 Å². The van der Waals surface area contributed by atoms with E-state index < -0.39 is 29.3 Å². The highest BCUT2D eigenvalue weighted by Gasteiger charge is 2.46. The number of aliphatic hydroxyl groups is 1. The molecule has 7 nitrogen and oxygen atoms in total. The molecule has 2 aromatic carbocycles. The monoisotopic (exact) mass is 451 g/mol. The number of likely N-dealkylation sites (tertiary alicyclic amines) is 1. The number of amides is 1. The van der Waals surface area contributed by atoms with Gasteiger partial charge in [0.1, 0.15) is 28.8 Å². The lowest BCUT2D eigenvalue weighted by atomic mass is 9.95. The zero-order valence-electron chi connectivity index (χ0n) is 18.1. The third-order valence-corrected chi connectivity index (χ3v) is 5.37. The summed E-state index contributed by atoms with van der Waals surface area (Å²) in [4.78, 5) is 27.4. The van der Waals surface area contributed by atoms with Crippen molar-refractivity contribution < 1.29 is 33.0 Å². The van der Waals surface area contributed by atoms with Crippen LogP contribution in [0.15, 0.2) is 70.9 Å². The van der Waals surface area contributed by atoms with Crippen LogP contribution in [0.4, 0.5) is 4.39 Å². The lowest BCUT2D eigenvalue weighted by molar-refractivity contribution is -0.140. The molecule has 1 aliphatic rings. The molecule has 2 heterocycles. The van der Waals surface area contributed by atoms with Gasteiger partial charge in [0.05, 0.1) is 43.7 Å². The number of hydrogen-bond acceptors (Lipinski definition) is 6. The molecule has 1 aliphatic heterocycles. The van der Waals surface area contributed by atoms with Crippen LogP contribution in [0, 0.1) is 5.82 Å². The Morgan fingerprint density at radius 2 is 1.91 bits per heavy atom. The molecule has 0 spiro atoms.